The van der Waals surface area contributed by atoms with Gasteiger partial charge in [0.15, 0.2) is 0 Å². The predicted octanol–water partition coefficient (Wildman–Crippen LogP) is 8.52. The number of carboxylic acids is 1. The highest BCUT2D eigenvalue weighted by atomic mass is 19.4. The largest absolute Gasteiger partial charge is 0.494 e. The van der Waals surface area contributed by atoms with Gasteiger partial charge in [-0.3, -0.25) is 9.59 Å². The van der Waals surface area contributed by atoms with Gasteiger partial charge in [0.05, 0.1) is 17.7 Å². The van der Waals surface area contributed by atoms with Crippen molar-refractivity contribution in [2.45, 2.75) is 43.5 Å². The number of hydrogen-bond acceptors (Lipinski definition) is 4. The molecule has 0 heterocycles. The molecule has 0 bridgehead atoms. The van der Waals surface area contributed by atoms with Gasteiger partial charge in [0, 0.05) is 24.5 Å². The summed E-state index contributed by atoms with van der Waals surface area (Å²) >= 11 is 0. The van der Waals surface area contributed by atoms with Crippen LogP contribution in [-0.4, -0.2) is 36.1 Å². The van der Waals surface area contributed by atoms with Crippen molar-refractivity contribution in [3.05, 3.63) is 130 Å². The van der Waals surface area contributed by atoms with Crippen molar-refractivity contribution in [2.75, 3.05) is 6.61 Å². The molecule has 6 nitrogen and oxygen atoms in total. The van der Waals surface area contributed by atoms with Crippen molar-refractivity contribution in [2.24, 2.45) is 0 Å². The predicted molar refractivity (Wildman–Crippen MR) is 157 cm³/mol. The van der Waals surface area contributed by atoms with Gasteiger partial charge in [-0.1, -0.05) is 24.3 Å². The maximum atomic E-state index is 15.1. The summed E-state index contributed by atoms with van der Waals surface area (Å²) in [6.07, 6.45) is -15.1. The summed E-state index contributed by atoms with van der Waals surface area (Å²) < 4.78 is 147. The first-order valence-corrected chi connectivity index (χ1v) is 14.4. The summed E-state index contributed by atoms with van der Waals surface area (Å²) in [5, 5.41) is 11.3. The van der Waals surface area contributed by atoms with Gasteiger partial charge in [-0.05, 0) is 77.7 Å². The van der Waals surface area contributed by atoms with Crippen LogP contribution in [-0.2, 0) is 22.9 Å². The van der Waals surface area contributed by atoms with E-state index >= 15 is 4.39 Å². The van der Waals surface area contributed by atoms with E-state index in [1.807, 2.05) is 0 Å². The SMILES string of the molecule is O=C(O)CCCOc1ccc(C[C@](NC(=O)c2ccc(F)c(C(F)(F)F)c2)(c2ccc(F)cc2)c2cc(F)cc(OC(F)(F)C(F)F)c2)cc1. The lowest BCUT2D eigenvalue weighted by molar-refractivity contribution is -0.253. The zero-order valence-corrected chi connectivity index (χ0v) is 25.3. The summed E-state index contributed by atoms with van der Waals surface area (Å²) in [6, 6.07) is 12.8. The number of benzene rings is 4. The van der Waals surface area contributed by atoms with Gasteiger partial charge in [0.25, 0.3) is 5.91 Å². The summed E-state index contributed by atoms with van der Waals surface area (Å²) in [7, 11) is 0. The van der Waals surface area contributed by atoms with Gasteiger partial charge in [0.1, 0.15) is 29.0 Å². The third kappa shape index (κ3) is 9.24. The Morgan fingerprint density at radius 3 is 2.02 bits per heavy atom. The molecular formula is C34H25F10NO5. The monoisotopic (exact) mass is 717 g/mol. The number of carbonyl (C=O) groups is 2. The Labute approximate surface area is 277 Å². The van der Waals surface area contributed by atoms with Crippen LogP contribution in [0.5, 0.6) is 11.5 Å². The van der Waals surface area contributed by atoms with E-state index in [1.165, 1.54) is 24.3 Å². The molecule has 0 saturated heterocycles. The van der Waals surface area contributed by atoms with E-state index < -0.39 is 82.4 Å². The number of nitrogens with one attached hydrogen (secondary N) is 1. The first-order chi connectivity index (χ1) is 23.4. The molecule has 0 unspecified atom stereocenters. The lowest BCUT2D eigenvalue weighted by Crippen LogP contribution is -2.49. The number of ether oxygens (including phenoxy) is 2. The summed E-state index contributed by atoms with van der Waals surface area (Å²) in [5.41, 5.74) is -5.00. The van der Waals surface area contributed by atoms with Gasteiger partial charge in [-0.25, -0.2) is 13.2 Å². The summed E-state index contributed by atoms with van der Waals surface area (Å²) in [5.74, 6) is -7.04. The second kappa shape index (κ2) is 15.1. The van der Waals surface area contributed by atoms with Crippen LogP contribution in [0, 0.1) is 17.5 Å². The van der Waals surface area contributed by atoms with Crippen molar-refractivity contribution < 1.29 is 68.1 Å². The fraction of sp³-hybridized carbons (Fsp3) is 0.235. The molecule has 1 atom stereocenters. The van der Waals surface area contributed by atoms with E-state index in [-0.39, 0.29) is 42.4 Å². The van der Waals surface area contributed by atoms with E-state index in [1.54, 1.807) is 0 Å². The Morgan fingerprint density at radius 2 is 1.42 bits per heavy atom. The molecule has 50 heavy (non-hydrogen) atoms. The minimum Gasteiger partial charge on any atom is -0.494 e. The third-order valence-corrected chi connectivity index (χ3v) is 7.27. The number of amides is 1. The number of aliphatic carboxylic acids is 1. The van der Waals surface area contributed by atoms with Crippen molar-refractivity contribution in [1.82, 2.24) is 5.32 Å². The minimum atomic E-state index is -5.23. The van der Waals surface area contributed by atoms with Crippen LogP contribution in [0.2, 0.25) is 0 Å². The van der Waals surface area contributed by atoms with E-state index in [4.69, 9.17) is 9.84 Å². The van der Waals surface area contributed by atoms with Gasteiger partial charge >= 0.3 is 24.7 Å². The Balaban J connectivity index is 1.88. The summed E-state index contributed by atoms with van der Waals surface area (Å²) in [4.78, 5) is 24.5. The number of alkyl halides is 7. The lowest BCUT2D eigenvalue weighted by atomic mass is 9.77. The lowest BCUT2D eigenvalue weighted by Gasteiger charge is -2.37. The second-order valence-corrected chi connectivity index (χ2v) is 10.9. The van der Waals surface area contributed by atoms with E-state index in [9.17, 15) is 49.1 Å². The Hall–Kier alpha value is -5.28. The van der Waals surface area contributed by atoms with Crippen LogP contribution in [0.4, 0.5) is 43.9 Å². The molecule has 4 aromatic rings. The highest BCUT2D eigenvalue weighted by Crippen LogP contribution is 2.39. The molecule has 0 radical (unpaired) electrons. The number of hydrogen-bond donors (Lipinski definition) is 2. The highest BCUT2D eigenvalue weighted by molar-refractivity contribution is 5.95. The van der Waals surface area contributed by atoms with Crippen LogP contribution < -0.4 is 14.8 Å². The Bertz CT molecular complexity index is 1820. The molecule has 266 valence electrons. The van der Waals surface area contributed by atoms with Gasteiger partial charge in [0.2, 0.25) is 0 Å². The smallest absolute Gasteiger partial charge is 0.461 e. The van der Waals surface area contributed by atoms with Crippen molar-refractivity contribution in [1.29, 1.82) is 0 Å². The normalized spacial score (nSPS) is 13.1. The van der Waals surface area contributed by atoms with Crippen LogP contribution in [0.1, 0.15) is 45.5 Å². The molecular weight excluding hydrogens is 692 g/mol. The maximum absolute atomic E-state index is 15.1. The average molecular weight is 718 g/mol. The molecule has 0 fully saturated rings. The molecule has 16 heteroatoms. The molecule has 0 saturated carbocycles. The summed E-state index contributed by atoms with van der Waals surface area (Å²) in [6.45, 7) is 0.0219. The van der Waals surface area contributed by atoms with Crippen LogP contribution >= 0.6 is 0 Å². The molecule has 2 N–H and O–H groups in total. The van der Waals surface area contributed by atoms with Crippen LogP contribution in [0.15, 0.2) is 84.9 Å². The van der Waals surface area contributed by atoms with Crippen molar-refractivity contribution in [3.8, 4) is 11.5 Å². The zero-order valence-electron chi connectivity index (χ0n) is 25.3. The molecule has 0 spiro atoms. The second-order valence-electron chi connectivity index (χ2n) is 10.9. The molecule has 4 aromatic carbocycles. The number of carboxylic acid groups (broad SMARTS) is 1. The fourth-order valence-corrected chi connectivity index (χ4v) is 4.94. The number of rotatable bonds is 14. The highest BCUT2D eigenvalue weighted by Gasteiger charge is 2.45. The third-order valence-electron chi connectivity index (χ3n) is 7.27. The molecule has 4 rings (SSSR count). The number of carbonyl (C=O) groups excluding carboxylic acids is 1. The van der Waals surface area contributed by atoms with E-state index in [0.717, 1.165) is 30.3 Å². The van der Waals surface area contributed by atoms with Gasteiger partial charge in [-0.15, -0.1) is 0 Å². The standard InChI is InChI=1S/C34H25F10NO5/c35-23-8-6-21(7-9-23)32(18-19-3-10-25(11-4-19)49-13-1-2-29(46)47,22-15-24(36)17-26(16-22)50-34(43,44)31(38)39)45-30(48)20-5-12-28(37)27(14-20)33(40,41)42/h3-12,14-17,31H,1-2,13,18H2,(H,45,48)(H,46,47)/t32-/m0/s1. The van der Waals surface area contributed by atoms with Crippen LogP contribution in [0.3, 0.4) is 0 Å². The molecule has 0 aliphatic heterocycles. The minimum absolute atomic E-state index is 0.0219. The Morgan fingerprint density at radius 1 is 0.760 bits per heavy atom. The maximum Gasteiger partial charge on any atom is 0.461 e. The fourth-order valence-electron chi connectivity index (χ4n) is 4.94. The topological polar surface area (TPSA) is 84.9 Å². The first-order valence-electron chi connectivity index (χ1n) is 14.4. The van der Waals surface area contributed by atoms with Crippen molar-refractivity contribution in [3.63, 3.8) is 0 Å². The van der Waals surface area contributed by atoms with Gasteiger partial charge in [-0.2, -0.15) is 30.7 Å². The quantitative estimate of drug-likeness (QED) is 0.101. The van der Waals surface area contributed by atoms with Crippen LogP contribution in [0.25, 0.3) is 0 Å². The Kier molecular flexibility index (Phi) is 11.3. The molecule has 0 aromatic heterocycles. The molecule has 0 aliphatic carbocycles. The van der Waals surface area contributed by atoms with E-state index in [0.29, 0.717) is 24.3 Å². The first kappa shape index (κ1) is 37.5. The average Bonchev–Trinajstić information content (AvgIpc) is 3.02. The zero-order chi connectivity index (χ0) is 36.9. The molecule has 1 amide bonds. The van der Waals surface area contributed by atoms with Crippen molar-refractivity contribution >= 4 is 11.9 Å². The molecule has 0 aliphatic rings. The van der Waals surface area contributed by atoms with Gasteiger partial charge < -0.3 is 19.9 Å². The number of halogens is 10. The van der Waals surface area contributed by atoms with E-state index in [2.05, 4.69) is 10.1 Å².